The molecule has 2 aromatic rings. The van der Waals surface area contributed by atoms with Crippen molar-refractivity contribution in [1.82, 2.24) is 4.98 Å². The van der Waals surface area contributed by atoms with Crippen LogP contribution in [0.4, 0.5) is 14.5 Å². The van der Waals surface area contributed by atoms with Gasteiger partial charge >= 0.3 is 0 Å². The Morgan fingerprint density at radius 3 is 2.88 bits per heavy atom. The van der Waals surface area contributed by atoms with Gasteiger partial charge in [-0.15, -0.1) is 6.42 Å². The molecule has 1 aliphatic carbocycles. The number of aryl methyl sites for hydroxylation is 1. The van der Waals surface area contributed by atoms with Gasteiger partial charge in [0.05, 0.1) is 17.8 Å². The molecule has 0 bridgehead atoms. The number of ether oxygens (including phenoxy) is 1. The van der Waals surface area contributed by atoms with Crippen LogP contribution >= 0.6 is 11.8 Å². The fourth-order valence-electron chi connectivity index (χ4n) is 4.13. The molecule has 1 aliphatic heterocycles. The van der Waals surface area contributed by atoms with Crippen molar-refractivity contribution in [3.63, 3.8) is 0 Å². The fourth-order valence-corrected chi connectivity index (χ4v) is 5.41. The maximum absolute atomic E-state index is 14.9. The Kier molecular flexibility index (Phi) is 5.51. The van der Waals surface area contributed by atoms with Gasteiger partial charge in [0.15, 0.2) is 16.8 Å². The van der Waals surface area contributed by atoms with E-state index in [0.717, 1.165) is 17.8 Å². The van der Waals surface area contributed by atoms with Crippen LogP contribution in [0.2, 0.25) is 0 Å². The molecular weight excluding hydrogens is 448 g/mol. The van der Waals surface area contributed by atoms with E-state index < -0.39 is 27.8 Å². The molecule has 7 nitrogen and oxygen atoms in total. The zero-order valence-electron chi connectivity index (χ0n) is 17.8. The number of amidine groups is 1. The number of nitrogens with one attached hydrogen (secondary N) is 1. The van der Waals surface area contributed by atoms with Crippen molar-refractivity contribution in [2.24, 2.45) is 16.6 Å². The lowest BCUT2D eigenvalue weighted by Crippen LogP contribution is -2.35. The second kappa shape index (κ2) is 8.05. The van der Waals surface area contributed by atoms with Crippen LogP contribution in [-0.4, -0.2) is 27.4 Å². The molecule has 1 aromatic carbocycles. The Morgan fingerprint density at radius 1 is 1.45 bits per heavy atom. The van der Waals surface area contributed by atoms with Gasteiger partial charge in [0.2, 0.25) is 0 Å². The Morgan fingerprint density at radius 2 is 2.21 bits per heavy atom. The molecule has 168 valence electrons. The first-order valence-electron chi connectivity index (χ1n) is 9.93. The van der Waals surface area contributed by atoms with Crippen LogP contribution in [0.25, 0.3) is 0 Å². The first-order chi connectivity index (χ1) is 15.6. The maximum Gasteiger partial charge on any atom is 0.274 e. The molecule has 1 saturated carbocycles. The van der Waals surface area contributed by atoms with Gasteiger partial charge < -0.3 is 15.8 Å². The predicted octanol–water partition coefficient (Wildman–Crippen LogP) is 3.49. The summed E-state index contributed by atoms with van der Waals surface area (Å²) in [5, 5.41) is 12.3. The molecule has 1 amide bonds. The SMILES string of the molecule is C#CCOc1cnc(C(=O)Nc2cc(F)c(F)c([C@@]3(C)N=C(N)S[C@@]4(C#N)C[C@H]43)c2)c(C)c1. The number of hydrogen-bond acceptors (Lipinski definition) is 7. The normalized spacial score (nSPS) is 25.2. The lowest BCUT2D eigenvalue weighted by atomic mass is 9.85. The van der Waals surface area contributed by atoms with Crippen molar-refractivity contribution in [3.8, 4) is 24.2 Å². The van der Waals surface area contributed by atoms with Crippen LogP contribution in [0.3, 0.4) is 0 Å². The number of hydrogen-bond donors (Lipinski definition) is 2. The highest BCUT2D eigenvalue weighted by Gasteiger charge is 2.67. The highest BCUT2D eigenvalue weighted by molar-refractivity contribution is 8.15. The Hall–Kier alpha value is -3.63. The lowest BCUT2D eigenvalue weighted by molar-refractivity contribution is 0.102. The number of carbonyl (C=O) groups is 1. The Balaban J connectivity index is 1.65. The van der Waals surface area contributed by atoms with Gasteiger partial charge in [-0.05, 0) is 38.0 Å². The van der Waals surface area contributed by atoms with Crippen molar-refractivity contribution in [2.75, 3.05) is 11.9 Å². The number of nitrogens with zero attached hydrogens (tertiary/aromatic N) is 3. The number of rotatable bonds is 5. The van der Waals surface area contributed by atoms with Crippen LogP contribution in [0.5, 0.6) is 5.75 Å². The van der Waals surface area contributed by atoms with Crippen molar-refractivity contribution < 1.29 is 18.3 Å². The summed E-state index contributed by atoms with van der Waals surface area (Å²) in [5.74, 6) is -0.462. The van der Waals surface area contributed by atoms with E-state index in [0.29, 0.717) is 17.7 Å². The molecule has 0 unspecified atom stereocenters. The largest absolute Gasteiger partial charge is 0.479 e. The van der Waals surface area contributed by atoms with Crippen molar-refractivity contribution in [3.05, 3.63) is 52.9 Å². The highest BCUT2D eigenvalue weighted by Crippen LogP contribution is 2.65. The summed E-state index contributed by atoms with van der Waals surface area (Å²) in [4.78, 5) is 21.3. The molecule has 3 atom stereocenters. The van der Waals surface area contributed by atoms with E-state index in [1.807, 2.05) is 0 Å². The average molecular weight is 468 g/mol. The van der Waals surface area contributed by atoms with Gasteiger partial charge in [0.25, 0.3) is 5.91 Å². The summed E-state index contributed by atoms with van der Waals surface area (Å²) < 4.78 is 33.9. The molecule has 0 spiro atoms. The molecule has 4 rings (SSSR count). The van der Waals surface area contributed by atoms with Crippen molar-refractivity contribution >= 4 is 28.5 Å². The third-order valence-corrected chi connectivity index (χ3v) is 7.04. The second-order valence-corrected chi connectivity index (χ2v) is 9.41. The number of terminal acetylenes is 1. The van der Waals surface area contributed by atoms with Gasteiger partial charge in [-0.2, -0.15) is 5.26 Å². The van der Waals surface area contributed by atoms with Gasteiger partial charge in [0.1, 0.15) is 22.8 Å². The molecule has 3 N–H and O–H groups in total. The number of pyridine rings is 1. The molecule has 2 heterocycles. The molecule has 1 aromatic heterocycles. The van der Waals surface area contributed by atoms with Crippen LogP contribution < -0.4 is 15.8 Å². The van der Waals surface area contributed by atoms with E-state index in [9.17, 15) is 18.8 Å². The summed E-state index contributed by atoms with van der Waals surface area (Å²) in [7, 11) is 0. The van der Waals surface area contributed by atoms with Crippen LogP contribution in [0.1, 0.15) is 35.0 Å². The standard InChI is InChI=1S/C23H19F2N5O2S/c1-4-5-32-14-6-12(2)19(28-10-14)20(31)29-13-7-15(18(25)16(24)8-13)22(3)17-9-23(17,11-26)33-21(27)30-22/h1,6-8,10,17H,5,9H2,2-3H3,(H2,27,30)(H,29,31)/t17-,22+,23+/m0/s1. The summed E-state index contributed by atoms with van der Waals surface area (Å²) >= 11 is 1.14. The molecular formula is C23H19F2N5O2S. The number of halogens is 2. The molecule has 0 radical (unpaired) electrons. The zero-order valence-corrected chi connectivity index (χ0v) is 18.6. The number of nitrogens with two attached hydrogens (primary N) is 1. The van der Waals surface area contributed by atoms with Gasteiger partial charge in [-0.25, -0.2) is 13.8 Å². The number of aromatic nitrogens is 1. The maximum atomic E-state index is 14.9. The smallest absolute Gasteiger partial charge is 0.274 e. The number of nitriles is 1. The minimum absolute atomic E-state index is 0.0270. The van der Waals surface area contributed by atoms with Crippen LogP contribution in [0.15, 0.2) is 29.4 Å². The van der Waals surface area contributed by atoms with Crippen molar-refractivity contribution in [2.45, 2.75) is 30.6 Å². The minimum Gasteiger partial charge on any atom is -0.479 e. The van der Waals surface area contributed by atoms with E-state index in [4.69, 9.17) is 16.9 Å². The summed E-state index contributed by atoms with van der Waals surface area (Å²) in [5.41, 5.74) is 5.21. The minimum atomic E-state index is -1.25. The van der Waals surface area contributed by atoms with Crippen LogP contribution in [0, 0.1) is 48.2 Å². The average Bonchev–Trinajstić information content (AvgIpc) is 3.50. The zero-order chi connectivity index (χ0) is 24.0. The first kappa shape index (κ1) is 22.6. The van der Waals surface area contributed by atoms with E-state index >= 15 is 0 Å². The quantitative estimate of drug-likeness (QED) is 0.651. The lowest BCUT2D eigenvalue weighted by Gasteiger charge is -2.32. The number of aliphatic imine (C=N–C) groups is 1. The summed E-state index contributed by atoms with van der Waals surface area (Å²) in [6.45, 7) is 3.34. The molecule has 1 fully saturated rings. The van der Waals surface area contributed by atoms with Gasteiger partial charge in [0, 0.05) is 23.2 Å². The number of fused-ring (bicyclic) bond motifs is 1. The number of carbonyl (C=O) groups excluding carboxylic acids is 1. The number of thioether (sulfide) groups is 1. The number of anilines is 1. The van der Waals surface area contributed by atoms with E-state index in [1.54, 1.807) is 19.9 Å². The number of benzene rings is 1. The second-order valence-electron chi connectivity index (χ2n) is 8.06. The van der Waals surface area contributed by atoms with E-state index in [2.05, 4.69) is 27.3 Å². The fraction of sp³-hybridized carbons (Fsp3) is 0.304. The Bertz CT molecular complexity index is 1280. The third-order valence-electron chi connectivity index (χ3n) is 5.83. The molecule has 33 heavy (non-hydrogen) atoms. The number of amides is 1. The summed E-state index contributed by atoms with van der Waals surface area (Å²) in [6.07, 6.45) is 6.96. The molecule has 2 aliphatic rings. The van der Waals surface area contributed by atoms with E-state index in [-0.39, 0.29) is 34.6 Å². The van der Waals surface area contributed by atoms with Crippen molar-refractivity contribution in [1.29, 1.82) is 5.26 Å². The topological polar surface area (TPSA) is 113 Å². The summed E-state index contributed by atoms with van der Waals surface area (Å²) in [6, 6.07) is 6.03. The third kappa shape index (κ3) is 3.87. The molecule has 0 saturated heterocycles. The van der Waals surface area contributed by atoms with Gasteiger partial charge in [-0.3, -0.25) is 9.79 Å². The molecule has 10 heteroatoms. The monoisotopic (exact) mass is 467 g/mol. The van der Waals surface area contributed by atoms with Crippen LogP contribution in [-0.2, 0) is 5.54 Å². The van der Waals surface area contributed by atoms with Gasteiger partial charge in [-0.1, -0.05) is 17.7 Å². The van der Waals surface area contributed by atoms with E-state index in [1.165, 1.54) is 12.3 Å². The Labute approximate surface area is 193 Å². The highest BCUT2D eigenvalue weighted by atomic mass is 32.2. The predicted molar refractivity (Wildman–Crippen MR) is 121 cm³/mol. The first-order valence-corrected chi connectivity index (χ1v) is 10.7.